The van der Waals surface area contributed by atoms with Crippen LogP contribution in [-0.4, -0.2) is 6.54 Å². The molecule has 0 aliphatic heterocycles. The second kappa shape index (κ2) is 6.71. The Balaban J connectivity index is 1.96. The van der Waals surface area contributed by atoms with Gasteiger partial charge in [0.25, 0.3) is 0 Å². The van der Waals surface area contributed by atoms with Gasteiger partial charge in [0.1, 0.15) is 0 Å². The van der Waals surface area contributed by atoms with Gasteiger partial charge in [-0.05, 0) is 43.4 Å². The van der Waals surface area contributed by atoms with Gasteiger partial charge in [-0.3, -0.25) is 0 Å². The van der Waals surface area contributed by atoms with Crippen molar-refractivity contribution in [1.82, 2.24) is 5.32 Å². The Bertz CT molecular complexity index is 545. The lowest BCUT2D eigenvalue weighted by Crippen LogP contribution is -2.24. The molecule has 0 heterocycles. The Hall–Kier alpha value is -1.60. The molecule has 0 aromatic heterocycles. The van der Waals surface area contributed by atoms with Crippen molar-refractivity contribution in [2.24, 2.45) is 0 Å². The molecule has 2 unspecified atom stereocenters. The smallest absolute Gasteiger partial charge is 0.0294 e. The van der Waals surface area contributed by atoms with Crippen molar-refractivity contribution < 1.29 is 0 Å². The molecule has 1 heteroatoms. The standard InChI is InChI=1S/C19H25N/c1-14-10-11-19(15(2)12-14)17(4)20-13-16(3)18-8-6-5-7-9-18/h5-12,16-17,20H,13H2,1-4H3. The van der Waals surface area contributed by atoms with Crippen LogP contribution in [0.15, 0.2) is 48.5 Å². The molecular weight excluding hydrogens is 242 g/mol. The summed E-state index contributed by atoms with van der Waals surface area (Å²) in [6.07, 6.45) is 0. The first-order valence-electron chi connectivity index (χ1n) is 7.43. The fraction of sp³-hybridized carbons (Fsp3) is 0.368. The second-order valence-corrected chi connectivity index (χ2v) is 5.80. The van der Waals surface area contributed by atoms with E-state index in [1.165, 1.54) is 22.3 Å². The molecule has 2 aromatic carbocycles. The number of hydrogen-bond donors (Lipinski definition) is 1. The molecule has 0 aliphatic carbocycles. The van der Waals surface area contributed by atoms with Gasteiger partial charge < -0.3 is 5.32 Å². The average Bonchev–Trinajstić information content (AvgIpc) is 2.45. The molecule has 2 aromatic rings. The number of benzene rings is 2. The summed E-state index contributed by atoms with van der Waals surface area (Å²) in [5, 5.41) is 3.66. The van der Waals surface area contributed by atoms with Crippen LogP contribution >= 0.6 is 0 Å². The highest BCUT2D eigenvalue weighted by molar-refractivity contribution is 5.32. The van der Waals surface area contributed by atoms with Crippen LogP contribution in [0.3, 0.4) is 0 Å². The minimum atomic E-state index is 0.391. The summed E-state index contributed by atoms with van der Waals surface area (Å²) in [7, 11) is 0. The highest BCUT2D eigenvalue weighted by Crippen LogP contribution is 2.20. The monoisotopic (exact) mass is 267 g/mol. The maximum atomic E-state index is 3.66. The van der Waals surface area contributed by atoms with Gasteiger partial charge in [0.15, 0.2) is 0 Å². The first-order chi connectivity index (χ1) is 9.58. The first-order valence-corrected chi connectivity index (χ1v) is 7.43. The van der Waals surface area contributed by atoms with Crippen molar-refractivity contribution in [2.75, 3.05) is 6.54 Å². The fourth-order valence-corrected chi connectivity index (χ4v) is 2.67. The zero-order valence-corrected chi connectivity index (χ0v) is 13.0. The highest BCUT2D eigenvalue weighted by atomic mass is 14.9. The summed E-state index contributed by atoms with van der Waals surface area (Å²) in [6, 6.07) is 17.8. The van der Waals surface area contributed by atoms with E-state index < -0.39 is 0 Å². The molecule has 1 nitrogen and oxygen atoms in total. The summed E-state index contributed by atoms with van der Waals surface area (Å²) in [5.74, 6) is 0.532. The first kappa shape index (κ1) is 14.8. The molecule has 0 saturated heterocycles. The lowest BCUT2D eigenvalue weighted by Gasteiger charge is -2.20. The Morgan fingerprint density at radius 3 is 2.30 bits per heavy atom. The van der Waals surface area contributed by atoms with Gasteiger partial charge in [0.05, 0.1) is 0 Å². The van der Waals surface area contributed by atoms with Crippen LogP contribution in [0.25, 0.3) is 0 Å². The van der Waals surface area contributed by atoms with Gasteiger partial charge in [-0.2, -0.15) is 0 Å². The predicted octanol–water partition coefficient (Wildman–Crippen LogP) is 4.76. The van der Waals surface area contributed by atoms with E-state index in [1.807, 2.05) is 0 Å². The topological polar surface area (TPSA) is 12.0 Å². The molecule has 1 N–H and O–H groups in total. The van der Waals surface area contributed by atoms with E-state index in [4.69, 9.17) is 0 Å². The van der Waals surface area contributed by atoms with Gasteiger partial charge in [0, 0.05) is 12.6 Å². The van der Waals surface area contributed by atoms with E-state index in [-0.39, 0.29) is 0 Å². The number of rotatable bonds is 5. The van der Waals surface area contributed by atoms with Crippen LogP contribution in [0.5, 0.6) is 0 Å². The maximum absolute atomic E-state index is 3.66. The van der Waals surface area contributed by atoms with Gasteiger partial charge in [-0.15, -0.1) is 0 Å². The van der Waals surface area contributed by atoms with E-state index in [1.54, 1.807) is 0 Å². The largest absolute Gasteiger partial charge is 0.310 e. The van der Waals surface area contributed by atoms with E-state index in [0.29, 0.717) is 12.0 Å². The molecule has 0 spiro atoms. The molecule has 2 rings (SSSR count). The molecule has 106 valence electrons. The molecule has 0 aliphatic rings. The molecule has 0 bridgehead atoms. The normalized spacial score (nSPS) is 14.0. The quantitative estimate of drug-likeness (QED) is 0.823. The number of aryl methyl sites for hydroxylation is 2. The SMILES string of the molecule is Cc1ccc(C(C)NCC(C)c2ccccc2)c(C)c1. The summed E-state index contributed by atoms with van der Waals surface area (Å²) < 4.78 is 0. The van der Waals surface area contributed by atoms with Crippen molar-refractivity contribution in [3.63, 3.8) is 0 Å². The summed E-state index contributed by atoms with van der Waals surface area (Å²) in [4.78, 5) is 0. The zero-order valence-electron chi connectivity index (χ0n) is 13.0. The lowest BCUT2D eigenvalue weighted by atomic mass is 9.98. The van der Waals surface area contributed by atoms with E-state index in [0.717, 1.165) is 6.54 Å². The van der Waals surface area contributed by atoms with Crippen molar-refractivity contribution in [3.8, 4) is 0 Å². The Kier molecular flexibility index (Phi) is 4.97. The molecule has 20 heavy (non-hydrogen) atoms. The van der Waals surface area contributed by atoms with Crippen LogP contribution in [0, 0.1) is 13.8 Å². The molecule has 0 saturated carbocycles. The van der Waals surface area contributed by atoms with Crippen molar-refractivity contribution >= 4 is 0 Å². The molecule has 2 atom stereocenters. The van der Waals surface area contributed by atoms with Crippen LogP contribution in [0.1, 0.15) is 48.1 Å². The Morgan fingerprint density at radius 1 is 0.950 bits per heavy atom. The summed E-state index contributed by atoms with van der Waals surface area (Å²) in [6.45, 7) is 9.86. The highest BCUT2D eigenvalue weighted by Gasteiger charge is 2.10. The van der Waals surface area contributed by atoms with Crippen molar-refractivity contribution in [2.45, 2.75) is 39.7 Å². The number of hydrogen-bond acceptors (Lipinski definition) is 1. The third-order valence-electron chi connectivity index (χ3n) is 3.99. The number of nitrogens with one attached hydrogen (secondary N) is 1. The van der Waals surface area contributed by atoms with E-state index in [9.17, 15) is 0 Å². The Morgan fingerprint density at radius 2 is 1.65 bits per heavy atom. The zero-order chi connectivity index (χ0) is 14.5. The fourth-order valence-electron chi connectivity index (χ4n) is 2.67. The molecule has 0 radical (unpaired) electrons. The van der Waals surface area contributed by atoms with E-state index in [2.05, 4.69) is 81.5 Å². The third-order valence-corrected chi connectivity index (χ3v) is 3.99. The third kappa shape index (κ3) is 3.71. The van der Waals surface area contributed by atoms with E-state index >= 15 is 0 Å². The summed E-state index contributed by atoms with van der Waals surface area (Å²) >= 11 is 0. The van der Waals surface area contributed by atoms with Crippen molar-refractivity contribution in [1.29, 1.82) is 0 Å². The summed E-state index contributed by atoms with van der Waals surface area (Å²) in [5.41, 5.74) is 5.50. The molecule has 0 fully saturated rings. The Labute approximate surface area is 123 Å². The maximum Gasteiger partial charge on any atom is 0.0294 e. The lowest BCUT2D eigenvalue weighted by molar-refractivity contribution is 0.535. The van der Waals surface area contributed by atoms with Crippen molar-refractivity contribution in [3.05, 3.63) is 70.8 Å². The van der Waals surface area contributed by atoms with Gasteiger partial charge >= 0.3 is 0 Å². The molecule has 0 amide bonds. The predicted molar refractivity (Wildman–Crippen MR) is 87.2 cm³/mol. The molecular formula is C19H25N. The van der Waals surface area contributed by atoms with Gasteiger partial charge in [0.2, 0.25) is 0 Å². The van der Waals surface area contributed by atoms with Crippen LogP contribution in [-0.2, 0) is 0 Å². The minimum absolute atomic E-state index is 0.391. The van der Waals surface area contributed by atoms with Crippen LogP contribution in [0.4, 0.5) is 0 Å². The van der Waals surface area contributed by atoms with Gasteiger partial charge in [-0.1, -0.05) is 61.0 Å². The second-order valence-electron chi connectivity index (χ2n) is 5.80. The minimum Gasteiger partial charge on any atom is -0.310 e. The van der Waals surface area contributed by atoms with Gasteiger partial charge in [-0.25, -0.2) is 0 Å². The average molecular weight is 267 g/mol. The van der Waals surface area contributed by atoms with Crippen LogP contribution in [0.2, 0.25) is 0 Å². The van der Waals surface area contributed by atoms with Crippen LogP contribution < -0.4 is 5.32 Å².